The molecule has 0 aromatic rings. The minimum atomic E-state index is -0.867. The molecule has 138 valence electrons. The topological polar surface area (TPSA) is 74.6 Å². The SMILES string of the molecule is CCCC/C=C\C/C=C\CC(=O)C(O)CCCCCCCC(=O)O. The van der Waals surface area contributed by atoms with Crippen LogP contribution < -0.4 is 0 Å². The van der Waals surface area contributed by atoms with Crippen LogP contribution in [0.15, 0.2) is 24.3 Å². The van der Waals surface area contributed by atoms with Crippen LogP contribution >= 0.6 is 0 Å². The summed E-state index contributed by atoms with van der Waals surface area (Å²) in [6.07, 6.45) is 16.9. The fourth-order valence-corrected chi connectivity index (χ4v) is 2.35. The number of allylic oxidation sites excluding steroid dienone is 4. The second-order valence-corrected chi connectivity index (χ2v) is 6.21. The van der Waals surface area contributed by atoms with Gasteiger partial charge in [-0.15, -0.1) is 0 Å². The summed E-state index contributed by atoms with van der Waals surface area (Å²) in [7, 11) is 0. The second kappa shape index (κ2) is 16.4. The normalized spacial score (nSPS) is 12.9. The molecule has 4 heteroatoms. The molecule has 0 fully saturated rings. The number of carboxylic acids is 1. The van der Waals surface area contributed by atoms with Crippen LogP contribution in [0.25, 0.3) is 0 Å². The Morgan fingerprint density at radius 2 is 1.58 bits per heavy atom. The molecule has 0 amide bonds. The standard InChI is InChI=1S/C20H34O4/c1-2-3-4-5-6-7-9-12-15-18(21)19(22)16-13-10-8-11-14-17-20(23)24/h5-6,9,12,19,22H,2-4,7-8,10-11,13-17H2,1H3,(H,23,24)/b6-5-,12-9-. The van der Waals surface area contributed by atoms with E-state index in [0.717, 1.165) is 38.5 Å². The minimum Gasteiger partial charge on any atom is -0.481 e. The van der Waals surface area contributed by atoms with Gasteiger partial charge in [-0.2, -0.15) is 0 Å². The van der Waals surface area contributed by atoms with Crippen molar-refractivity contribution in [3.05, 3.63) is 24.3 Å². The maximum absolute atomic E-state index is 11.8. The van der Waals surface area contributed by atoms with E-state index in [9.17, 15) is 14.7 Å². The van der Waals surface area contributed by atoms with Gasteiger partial charge >= 0.3 is 5.97 Å². The Morgan fingerprint density at radius 1 is 0.917 bits per heavy atom. The van der Waals surface area contributed by atoms with Crippen molar-refractivity contribution < 1.29 is 19.8 Å². The highest BCUT2D eigenvalue weighted by Gasteiger charge is 2.12. The van der Waals surface area contributed by atoms with Gasteiger partial charge in [0.05, 0.1) is 0 Å². The van der Waals surface area contributed by atoms with Crippen LogP contribution in [0.2, 0.25) is 0 Å². The van der Waals surface area contributed by atoms with E-state index in [1.54, 1.807) is 0 Å². The Hall–Kier alpha value is -1.42. The fourth-order valence-electron chi connectivity index (χ4n) is 2.35. The van der Waals surface area contributed by atoms with Gasteiger partial charge in [-0.3, -0.25) is 9.59 Å². The number of rotatable bonds is 16. The van der Waals surface area contributed by atoms with E-state index < -0.39 is 12.1 Å². The van der Waals surface area contributed by atoms with Crippen molar-refractivity contribution in [2.75, 3.05) is 0 Å². The zero-order valence-corrected chi connectivity index (χ0v) is 15.1. The highest BCUT2D eigenvalue weighted by molar-refractivity contribution is 5.84. The first-order valence-corrected chi connectivity index (χ1v) is 9.30. The van der Waals surface area contributed by atoms with Crippen molar-refractivity contribution in [1.82, 2.24) is 0 Å². The summed E-state index contributed by atoms with van der Waals surface area (Å²) in [6.45, 7) is 2.17. The van der Waals surface area contributed by atoms with Crippen LogP contribution in [0.1, 0.15) is 84.0 Å². The van der Waals surface area contributed by atoms with Crippen molar-refractivity contribution in [2.24, 2.45) is 0 Å². The lowest BCUT2D eigenvalue weighted by molar-refractivity contribution is -0.137. The summed E-state index contributed by atoms with van der Waals surface area (Å²) in [5.41, 5.74) is 0. The van der Waals surface area contributed by atoms with E-state index in [0.29, 0.717) is 19.3 Å². The molecule has 0 rings (SSSR count). The predicted molar refractivity (Wildman–Crippen MR) is 98.0 cm³/mol. The van der Waals surface area contributed by atoms with Crippen LogP contribution in [0.5, 0.6) is 0 Å². The number of aliphatic carboxylic acids is 1. The lowest BCUT2D eigenvalue weighted by Gasteiger charge is -2.07. The molecule has 0 aliphatic carbocycles. The highest BCUT2D eigenvalue weighted by Crippen LogP contribution is 2.10. The molecule has 0 aromatic carbocycles. The molecule has 0 saturated carbocycles. The van der Waals surface area contributed by atoms with E-state index in [2.05, 4.69) is 19.1 Å². The molecule has 0 spiro atoms. The molecule has 24 heavy (non-hydrogen) atoms. The summed E-state index contributed by atoms with van der Waals surface area (Å²) >= 11 is 0. The van der Waals surface area contributed by atoms with Gasteiger partial charge in [0.2, 0.25) is 0 Å². The molecule has 0 aliphatic rings. The summed E-state index contributed by atoms with van der Waals surface area (Å²) in [5.74, 6) is -0.868. The number of unbranched alkanes of at least 4 members (excludes halogenated alkanes) is 6. The average Bonchev–Trinajstić information content (AvgIpc) is 2.55. The molecule has 1 atom stereocenters. The molecular formula is C20H34O4. The number of carboxylic acid groups (broad SMARTS) is 1. The average molecular weight is 338 g/mol. The first-order valence-electron chi connectivity index (χ1n) is 9.30. The maximum Gasteiger partial charge on any atom is 0.303 e. The van der Waals surface area contributed by atoms with Gasteiger partial charge in [0.1, 0.15) is 6.10 Å². The van der Waals surface area contributed by atoms with Crippen LogP contribution in [-0.4, -0.2) is 28.1 Å². The molecule has 0 saturated heterocycles. The third-order valence-electron chi connectivity index (χ3n) is 3.89. The number of aliphatic hydroxyl groups excluding tert-OH is 1. The summed E-state index contributed by atoms with van der Waals surface area (Å²) in [4.78, 5) is 22.1. The van der Waals surface area contributed by atoms with Crippen molar-refractivity contribution >= 4 is 11.8 Å². The zero-order valence-electron chi connectivity index (χ0n) is 15.1. The van der Waals surface area contributed by atoms with Crippen molar-refractivity contribution in [1.29, 1.82) is 0 Å². The number of aliphatic hydroxyl groups is 1. The van der Waals surface area contributed by atoms with Gasteiger partial charge in [-0.1, -0.05) is 69.8 Å². The van der Waals surface area contributed by atoms with Crippen LogP contribution in [-0.2, 0) is 9.59 Å². The molecule has 0 aliphatic heterocycles. The number of ketones is 1. The van der Waals surface area contributed by atoms with Gasteiger partial charge in [0, 0.05) is 12.8 Å². The molecule has 0 bridgehead atoms. The van der Waals surface area contributed by atoms with Crippen LogP contribution in [0.4, 0.5) is 0 Å². The van der Waals surface area contributed by atoms with Gasteiger partial charge < -0.3 is 10.2 Å². The minimum absolute atomic E-state index is 0.118. The second-order valence-electron chi connectivity index (χ2n) is 6.21. The molecule has 0 heterocycles. The van der Waals surface area contributed by atoms with E-state index in [1.165, 1.54) is 12.8 Å². The Bertz CT molecular complexity index is 385. The van der Waals surface area contributed by atoms with Crippen molar-refractivity contribution in [3.8, 4) is 0 Å². The molecule has 1 unspecified atom stereocenters. The van der Waals surface area contributed by atoms with E-state index in [1.807, 2.05) is 12.2 Å². The van der Waals surface area contributed by atoms with Gasteiger partial charge in [-0.25, -0.2) is 0 Å². The Balaban J connectivity index is 3.58. The zero-order chi connectivity index (χ0) is 18.0. The lowest BCUT2D eigenvalue weighted by atomic mass is 10.0. The van der Waals surface area contributed by atoms with Gasteiger partial charge in [0.25, 0.3) is 0 Å². The maximum atomic E-state index is 11.8. The van der Waals surface area contributed by atoms with Crippen molar-refractivity contribution in [2.45, 2.75) is 90.1 Å². The Morgan fingerprint density at radius 3 is 2.29 bits per heavy atom. The number of carbonyl (C=O) groups is 2. The molecular weight excluding hydrogens is 304 g/mol. The fraction of sp³-hybridized carbons (Fsp3) is 0.700. The summed E-state index contributed by atoms with van der Waals surface area (Å²) < 4.78 is 0. The smallest absolute Gasteiger partial charge is 0.303 e. The molecule has 0 radical (unpaired) electrons. The monoisotopic (exact) mass is 338 g/mol. The number of Topliss-reactive ketones (excluding diaryl/α,β-unsaturated/α-hetero) is 1. The van der Waals surface area contributed by atoms with Gasteiger partial charge in [0.15, 0.2) is 5.78 Å². The Labute approximate surface area is 146 Å². The molecule has 4 nitrogen and oxygen atoms in total. The summed E-state index contributed by atoms with van der Waals surface area (Å²) in [5, 5.41) is 18.3. The molecule has 0 aromatic heterocycles. The Kier molecular flexibility index (Phi) is 15.5. The quantitative estimate of drug-likeness (QED) is 0.313. The largest absolute Gasteiger partial charge is 0.481 e. The van der Waals surface area contributed by atoms with Crippen LogP contribution in [0, 0.1) is 0 Å². The van der Waals surface area contributed by atoms with Crippen molar-refractivity contribution in [3.63, 3.8) is 0 Å². The summed E-state index contributed by atoms with van der Waals surface area (Å²) in [6, 6.07) is 0. The van der Waals surface area contributed by atoms with Gasteiger partial charge in [-0.05, 0) is 25.7 Å². The van der Waals surface area contributed by atoms with E-state index >= 15 is 0 Å². The lowest BCUT2D eigenvalue weighted by Crippen LogP contribution is -2.19. The first kappa shape index (κ1) is 22.6. The predicted octanol–water partition coefficient (Wildman–Crippen LogP) is 4.81. The van der Waals surface area contributed by atoms with E-state index in [4.69, 9.17) is 5.11 Å². The number of hydrogen-bond acceptors (Lipinski definition) is 3. The number of carbonyl (C=O) groups excluding carboxylic acids is 1. The molecule has 2 N–H and O–H groups in total. The highest BCUT2D eigenvalue weighted by atomic mass is 16.4. The third kappa shape index (κ3) is 15.5. The van der Waals surface area contributed by atoms with Crippen LogP contribution in [0.3, 0.4) is 0 Å². The van der Waals surface area contributed by atoms with E-state index in [-0.39, 0.29) is 12.2 Å². The first-order chi connectivity index (χ1) is 11.6. The number of hydrogen-bond donors (Lipinski definition) is 2. The third-order valence-corrected chi connectivity index (χ3v) is 3.89.